The van der Waals surface area contributed by atoms with E-state index in [1.165, 1.54) is 21.3 Å². The Labute approximate surface area is 195 Å². The quantitative estimate of drug-likeness (QED) is 0.414. The number of aryl methyl sites for hydroxylation is 1. The van der Waals surface area contributed by atoms with Crippen LogP contribution in [0.4, 0.5) is 0 Å². The largest absolute Gasteiger partial charge is 0.493 e. The number of aliphatic hydroxyl groups excluding tert-OH is 1. The van der Waals surface area contributed by atoms with Crippen LogP contribution in [-0.4, -0.2) is 64.6 Å². The highest BCUT2D eigenvalue weighted by atomic mass is 16.5. The highest BCUT2D eigenvalue weighted by molar-refractivity contribution is 5.97. The summed E-state index contributed by atoms with van der Waals surface area (Å²) in [6, 6.07) is 9.11. The summed E-state index contributed by atoms with van der Waals surface area (Å²) in [6.07, 6.45) is 0.140. The van der Waals surface area contributed by atoms with Crippen LogP contribution in [0.1, 0.15) is 36.2 Å². The van der Waals surface area contributed by atoms with Crippen LogP contribution >= 0.6 is 0 Å². The van der Waals surface area contributed by atoms with E-state index in [0.29, 0.717) is 47.3 Å². The van der Waals surface area contributed by atoms with Crippen LogP contribution in [0.15, 0.2) is 30.3 Å². The molecule has 8 nitrogen and oxygen atoms in total. The van der Waals surface area contributed by atoms with E-state index in [0.717, 1.165) is 5.56 Å². The lowest BCUT2D eigenvalue weighted by Gasteiger charge is -2.17. The number of ketones is 1. The molecular weight excluding hydrogens is 426 g/mol. The first-order valence-electron chi connectivity index (χ1n) is 10.9. The minimum Gasteiger partial charge on any atom is -0.493 e. The predicted octanol–water partition coefficient (Wildman–Crippen LogP) is 3.27. The molecule has 8 heteroatoms. The van der Waals surface area contributed by atoms with E-state index in [4.69, 9.17) is 23.7 Å². The number of nitrogens with one attached hydrogen (secondary N) is 1. The average molecular weight is 462 g/mol. The van der Waals surface area contributed by atoms with Gasteiger partial charge in [-0.1, -0.05) is 19.9 Å². The average Bonchev–Trinajstić information content (AvgIpc) is 2.83. The van der Waals surface area contributed by atoms with Gasteiger partial charge in [0, 0.05) is 24.6 Å². The first kappa shape index (κ1) is 26.3. The summed E-state index contributed by atoms with van der Waals surface area (Å²) in [5.41, 5.74) is 1.40. The molecule has 0 aliphatic heterocycles. The number of Topliss-reactive ketones (excluding diaryl/α,β-unsaturated/α-hetero) is 1. The van der Waals surface area contributed by atoms with Gasteiger partial charge in [-0.2, -0.15) is 0 Å². The molecule has 2 aromatic carbocycles. The summed E-state index contributed by atoms with van der Waals surface area (Å²) >= 11 is 0. The first-order valence-corrected chi connectivity index (χ1v) is 10.9. The van der Waals surface area contributed by atoms with E-state index in [-0.39, 0.29) is 24.9 Å². The fourth-order valence-corrected chi connectivity index (χ4v) is 3.25. The Morgan fingerprint density at radius 3 is 2.09 bits per heavy atom. The number of rotatable bonds is 14. The van der Waals surface area contributed by atoms with Crippen molar-refractivity contribution < 1.29 is 33.6 Å². The van der Waals surface area contributed by atoms with Crippen LogP contribution in [0.3, 0.4) is 0 Å². The van der Waals surface area contributed by atoms with Gasteiger partial charge in [-0.25, -0.2) is 0 Å². The van der Waals surface area contributed by atoms with Crippen LogP contribution in [0.5, 0.6) is 28.7 Å². The summed E-state index contributed by atoms with van der Waals surface area (Å²) in [5.74, 6) is 2.36. The third-order valence-corrected chi connectivity index (χ3v) is 5.05. The number of carbonyl (C=O) groups excluding carboxylic acids is 1. The molecule has 0 bridgehead atoms. The zero-order chi connectivity index (χ0) is 24.4. The molecule has 182 valence electrons. The molecule has 0 heterocycles. The van der Waals surface area contributed by atoms with Crippen molar-refractivity contribution in [2.75, 3.05) is 41.6 Å². The molecule has 0 aliphatic carbocycles. The van der Waals surface area contributed by atoms with Crippen LogP contribution in [-0.2, 0) is 6.42 Å². The first-order chi connectivity index (χ1) is 15.8. The molecule has 2 N–H and O–H groups in total. The minimum absolute atomic E-state index is 0.0530. The second-order valence-electron chi connectivity index (χ2n) is 7.85. The number of benzene rings is 2. The molecule has 1 unspecified atom stereocenters. The van der Waals surface area contributed by atoms with E-state index in [9.17, 15) is 9.90 Å². The molecule has 0 aliphatic rings. The smallest absolute Gasteiger partial charge is 0.203 e. The Balaban J connectivity index is 2.07. The molecule has 0 saturated carbocycles. The molecule has 0 fully saturated rings. The highest BCUT2D eigenvalue weighted by Gasteiger charge is 2.17. The normalized spacial score (nSPS) is 11.8. The predicted molar refractivity (Wildman–Crippen MR) is 126 cm³/mol. The molecule has 1 atom stereocenters. The Bertz CT molecular complexity index is 889. The van der Waals surface area contributed by atoms with Crippen molar-refractivity contribution in [2.45, 2.75) is 38.8 Å². The lowest BCUT2D eigenvalue weighted by molar-refractivity contribution is 0.0982. The van der Waals surface area contributed by atoms with Crippen molar-refractivity contribution in [3.8, 4) is 28.7 Å². The van der Waals surface area contributed by atoms with Gasteiger partial charge in [-0.05, 0) is 36.2 Å². The molecule has 33 heavy (non-hydrogen) atoms. The van der Waals surface area contributed by atoms with E-state index in [1.54, 1.807) is 25.3 Å². The van der Waals surface area contributed by atoms with Gasteiger partial charge >= 0.3 is 0 Å². The van der Waals surface area contributed by atoms with E-state index < -0.39 is 6.10 Å². The standard InChI is InChI=1S/C25H35NO7/c1-16(2)26-14-19(27)15-33-22-11-17(8-10-21(22)29-3)7-9-20(28)18-12-23(30-4)25(32-6)24(13-18)31-5/h8,10-13,16,19,26-27H,7,9,14-15H2,1-6H3. The van der Waals surface area contributed by atoms with Gasteiger partial charge in [0.2, 0.25) is 5.75 Å². The fraction of sp³-hybridized carbons (Fsp3) is 0.480. The van der Waals surface area contributed by atoms with Gasteiger partial charge in [0.25, 0.3) is 0 Å². The molecule has 0 radical (unpaired) electrons. The number of methoxy groups -OCH3 is 4. The SMILES string of the molecule is COc1ccc(CCC(=O)c2cc(OC)c(OC)c(OC)c2)cc1OCC(O)CNC(C)C. The topological polar surface area (TPSA) is 95.5 Å². The lowest BCUT2D eigenvalue weighted by atomic mass is 10.0. The second kappa shape index (κ2) is 12.9. The maximum Gasteiger partial charge on any atom is 0.203 e. The van der Waals surface area contributed by atoms with Crippen LogP contribution in [0.25, 0.3) is 0 Å². The summed E-state index contributed by atoms with van der Waals surface area (Å²) in [5, 5.41) is 13.3. The van der Waals surface area contributed by atoms with Gasteiger partial charge in [0.05, 0.1) is 28.4 Å². The lowest BCUT2D eigenvalue weighted by Crippen LogP contribution is -2.35. The number of ether oxygens (including phenoxy) is 5. The van der Waals surface area contributed by atoms with Crippen molar-refractivity contribution >= 4 is 5.78 Å². The molecule has 0 aromatic heterocycles. The number of hydrogen-bond donors (Lipinski definition) is 2. The third-order valence-electron chi connectivity index (χ3n) is 5.05. The summed E-state index contributed by atoms with van der Waals surface area (Å²) in [7, 11) is 6.11. The van der Waals surface area contributed by atoms with Gasteiger partial charge < -0.3 is 34.1 Å². The van der Waals surface area contributed by atoms with Crippen molar-refractivity contribution in [3.63, 3.8) is 0 Å². The van der Waals surface area contributed by atoms with Gasteiger partial charge in [-0.3, -0.25) is 4.79 Å². The molecule has 2 aromatic rings. The Morgan fingerprint density at radius 2 is 1.55 bits per heavy atom. The molecule has 0 saturated heterocycles. The summed E-state index contributed by atoms with van der Waals surface area (Å²) < 4.78 is 27.2. The van der Waals surface area contributed by atoms with Gasteiger partial charge in [0.1, 0.15) is 12.7 Å². The molecule has 0 spiro atoms. The van der Waals surface area contributed by atoms with Crippen molar-refractivity contribution in [1.29, 1.82) is 0 Å². The van der Waals surface area contributed by atoms with Crippen LogP contribution in [0, 0.1) is 0 Å². The van der Waals surface area contributed by atoms with Crippen LogP contribution in [0.2, 0.25) is 0 Å². The van der Waals surface area contributed by atoms with Crippen molar-refractivity contribution in [3.05, 3.63) is 41.5 Å². The van der Waals surface area contributed by atoms with E-state index in [1.807, 2.05) is 26.0 Å². The summed E-state index contributed by atoms with van der Waals surface area (Å²) in [6.45, 7) is 4.59. The van der Waals surface area contributed by atoms with Crippen molar-refractivity contribution in [2.24, 2.45) is 0 Å². The van der Waals surface area contributed by atoms with E-state index >= 15 is 0 Å². The van der Waals surface area contributed by atoms with Crippen molar-refractivity contribution in [1.82, 2.24) is 5.32 Å². The fourth-order valence-electron chi connectivity index (χ4n) is 3.25. The maximum absolute atomic E-state index is 12.9. The van der Waals surface area contributed by atoms with Gasteiger partial charge in [0.15, 0.2) is 28.8 Å². The zero-order valence-electron chi connectivity index (χ0n) is 20.3. The Kier molecular flexibility index (Phi) is 10.3. The minimum atomic E-state index is -0.651. The maximum atomic E-state index is 12.9. The van der Waals surface area contributed by atoms with E-state index in [2.05, 4.69) is 5.32 Å². The monoisotopic (exact) mass is 461 g/mol. The van der Waals surface area contributed by atoms with Gasteiger partial charge in [-0.15, -0.1) is 0 Å². The number of carbonyl (C=O) groups is 1. The number of aliphatic hydroxyl groups is 1. The Hall–Kier alpha value is -2.97. The zero-order valence-corrected chi connectivity index (χ0v) is 20.3. The summed E-state index contributed by atoms with van der Waals surface area (Å²) in [4.78, 5) is 12.9. The third kappa shape index (κ3) is 7.54. The second-order valence-corrected chi connectivity index (χ2v) is 7.85. The molecule has 0 amide bonds. The number of hydrogen-bond acceptors (Lipinski definition) is 8. The molecular formula is C25H35NO7. The van der Waals surface area contributed by atoms with Crippen LogP contribution < -0.4 is 29.0 Å². The Morgan fingerprint density at radius 1 is 0.909 bits per heavy atom. The highest BCUT2D eigenvalue weighted by Crippen LogP contribution is 2.38. The molecule has 2 rings (SSSR count).